The summed E-state index contributed by atoms with van der Waals surface area (Å²) in [7, 11) is 0. The van der Waals surface area contributed by atoms with Gasteiger partial charge in [0.1, 0.15) is 18.2 Å². The average molecular weight is 348 g/mol. The van der Waals surface area contributed by atoms with E-state index in [1.807, 2.05) is 0 Å². The lowest BCUT2D eigenvalue weighted by molar-refractivity contribution is -0.122. The van der Waals surface area contributed by atoms with Crippen LogP contribution in [0.5, 0.6) is 0 Å². The molecule has 2 aromatic rings. The summed E-state index contributed by atoms with van der Waals surface area (Å²) in [6.07, 6.45) is 2.80. The second-order valence-electron chi connectivity index (χ2n) is 6.19. The van der Waals surface area contributed by atoms with E-state index in [0.29, 0.717) is 12.1 Å². The molecule has 25 heavy (non-hydrogen) atoms. The largest absolute Gasteiger partial charge is 0.387 e. The molecular weight excluding hydrogens is 327 g/mol. The van der Waals surface area contributed by atoms with Crippen LogP contribution < -0.4 is 11.0 Å². The van der Waals surface area contributed by atoms with Crippen molar-refractivity contribution in [1.82, 2.24) is 19.7 Å². The second kappa shape index (κ2) is 7.60. The van der Waals surface area contributed by atoms with Crippen LogP contribution in [0.4, 0.5) is 4.39 Å². The molecule has 0 radical (unpaired) electrons. The molecule has 1 aliphatic rings. The predicted molar refractivity (Wildman–Crippen MR) is 88.4 cm³/mol. The molecule has 0 unspecified atom stereocenters. The summed E-state index contributed by atoms with van der Waals surface area (Å²) in [5.41, 5.74) is 0.235. The first kappa shape index (κ1) is 17.3. The number of carbonyl (C=O) groups excluding carboxylic acids is 1. The van der Waals surface area contributed by atoms with E-state index in [-0.39, 0.29) is 24.6 Å². The van der Waals surface area contributed by atoms with E-state index in [4.69, 9.17) is 0 Å². The number of nitrogens with one attached hydrogen (secondary N) is 1. The van der Waals surface area contributed by atoms with Crippen molar-refractivity contribution in [3.05, 3.63) is 52.0 Å². The van der Waals surface area contributed by atoms with Gasteiger partial charge < -0.3 is 10.4 Å². The summed E-state index contributed by atoms with van der Waals surface area (Å²) >= 11 is 0. The molecule has 1 aliphatic heterocycles. The Labute approximate surface area is 144 Å². The molecule has 134 valence electrons. The quantitative estimate of drug-likeness (QED) is 0.835. The van der Waals surface area contributed by atoms with Gasteiger partial charge in [0.05, 0.1) is 6.10 Å². The predicted octanol–water partition coefficient (Wildman–Crippen LogP) is 0.760. The van der Waals surface area contributed by atoms with E-state index < -0.39 is 12.0 Å². The molecule has 0 saturated carbocycles. The first-order valence-electron chi connectivity index (χ1n) is 8.41. The normalized spacial score (nSPS) is 15.3. The van der Waals surface area contributed by atoms with E-state index in [2.05, 4.69) is 10.4 Å². The molecule has 3 rings (SSSR count). The number of hydrogen-bond acceptors (Lipinski definition) is 4. The molecule has 1 amide bonds. The van der Waals surface area contributed by atoms with Crippen LogP contribution in [-0.2, 0) is 24.3 Å². The molecule has 0 bridgehead atoms. The van der Waals surface area contributed by atoms with Crippen LogP contribution >= 0.6 is 0 Å². The Morgan fingerprint density at radius 3 is 2.80 bits per heavy atom. The van der Waals surface area contributed by atoms with Crippen molar-refractivity contribution in [2.24, 2.45) is 0 Å². The van der Waals surface area contributed by atoms with Crippen LogP contribution in [-0.4, -0.2) is 31.9 Å². The summed E-state index contributed by atoms with van der Waals surface area (Å²) in [4.78, 5) is 24.3. The topological polar surface area (TPSA) is 89.2 Å². The van der Waals surface area contributed by atoms with Crippen molar-refractivity contribution in [3.8, 4) is 0 Å². The van der Waals surface area contributed by atoms with Gasteiger partial charge in [-0.1, -0.05) is 18.6 Å². The number of rotatable bonds is 5. The number of aliphatic hydroxyl groups excluding tert-OH is 1. The van der Waals surface area contributed by atoms with Gasteiger partial charge in [-0.3, -0.25) is 9.36 Å². The standard InChI is InChI=1S/C17H21FN4O3/c18-13-7-5-12(6-8-13)14(23)10-19-16(24)11-22-17(25)21-9-3-1-2-4-15(21)20-22/h5-8,14,23H,1-4,9-11H2,(H,19,24)/t14-/m0/s1. The van der Waals surface area contributed by atoms with Gasteiger partial charge in [-0.2, -0.15) is 5.10 Å². The van der Waals surface area contributed by atoms with E-state index in [0.717, 1.165) is 31.5 Å². The maximum absolute atomic E-state index is 12.9. The van der Waals surface area contributed by atoms with Gasteiger partial charge in [0.25, 0.3) is 0 Å². The molecule has 1 atom stereocenters. The smallest absolute Gasteiger partial charge is 0.346 e. The van der Waals surface area contributed by atoms with Gasteiger partial charge in [-0.05, 0) is 30.5 Å². The minimum Gasteiger partial charge on any atom is -0.387 e. The van der Waals surface area contributed by atoms with Gasteiger partial charge in [-0.15, -0.1) is 0 Å². The second-order valence-corrected chi connectivity index (χ2v) is 6.19. The zero-order valence-corrected chi connectivity index (χ0v) is 13.8. The van der Waals surface area contributed by atoms with Gasteiger partial charge >= 0.3 is 5.69 Å². The number of fused-ring (bicyclic) bond motifs is 1. The van der Waals surface area contributed by atoms with Crippen LogP contribution in [0.1, 0.15) is 36.8 Å². The molecule has 0 aliphatic carbocycles. The van der Waals surface area contributed by atoms with Gasteiger partial charge in [0.15, 0.2) is 0 Å². The number of nitrogens with zero attached hydrogens (tertiary/aromatic N) is 3. The molecule has 0 saturated heterocycles. The van der Waals surface area contributed by atoms with E-state index >= 15 is 0 Å². The average Bonchev–Trinajstić information content (AvgIpc) is 2.77. The SMILES string of the molecule is O=C(Cn1nc2n(c1=O)CCCCC2)NC[C@H](O)c1ccc(F)cc1. The molecule has 0 spiro atoms. The third-order valence-corrected chi connectivity index (χ3v) is 4.32. The third kappa shape index (κ3) is 4.14. The minimum absolute atomic E-state index is 0.0210. The highest BCUT2D eigenvalue weighted by atomic mass is 19.1. The first-order chi connectivity index (χ1) is 12.0. The Hall–Kier alpha value is -2.48. The third-order valence-electron chi connectivity index (χ3n) is 4.32. The number of aromatic nitrogens is 3. The maximum atomic E-state index is 12.9. The van der Waals surface area contributed by atoms with Gasteiger partial charge in [-0.25, -0.2) is 13.9 Å². The lowest BCUT2D eigenvalue weighted by Gasteiger charge is -2.12. The monoisotopic (exact) mass is 348 g/mol. The summed E-state index contributed by atoms with van der Waals surface area (Å²) in [6, 6.07) is 5.42. The van der Waals surface area contributed by atoms with Crippen LogP contribution in [0.2, 0.25) is 0 Å². The van der Waals surface area contributed by atoms with Crippen molar-refractivity contribution in [2.45, 2.75) is 44.9 Å². The van der Waals surface area contributed by atoms with Crippen molar-refractivity contribution in [2.75, 3.05) is 6.54 Å². The Balaban J connectivity index is 1.58. The Morgan fingerprint density at radius 1 is 1.28 bits per heavy atom. The molecular formula is C17H21FN4O3. The number of hydrogen-bond donors (Lipinski definition) is 2. The minimum atomic E-state index is -0.944. The number of benzene rings is 1. The van der Waals surface area contributed by atoms with Crippen LogP contribution in [0.25, 0.3) is 0 Å². The fraction of sp³-hybridized carbons (Fsp3) is 0.471. The first-order valence-corrected chi connectivity index (χ1v) is 8.41. The van der Waals surface area contributed by atoms with Crippen LogP contribution in [0.3, 0.4) is 0 Å². The van der Waals surface area contributed by atoms with Crippen molar-refractivity contribution in [3.63, 3.8) is 0 Å². The van der Waals surface area contributed by atoms with Crippen molar-refractivity contribution >= 4 is 5.91 Å². The van der Waals surface area contributed by atoms with E-state index in [1.54, 1.807) is 4.57 Å². The highest BCUT2D eigenvalue weighted by Crippen LogP contribution is 2.12. The fourth-order valence-corrected chi connectivity index (χ4v) is 2.93. The molecule has 1 aromatic heterocycles. The van der Waals surface area contributed by atoms with Crippen molar-refractivity contribution < 1.29 is 14.3 Å². The summed E-state index contributed by atoms with van der Waals surface area (Å²) < 4.78 is 15.7. The van der Waals surface area contributed by atoms with Crippen LogP contribution in [0, 0.1) is 5.82 Å². The summed E-state index contributed by atoms with van der Waals surface area (Å²) in [6.45, 7) is 0.431. The number of halogens is 1. The number of amides is 1. The molecule has 0 fully saturated rings. The van der Waals surface area contributed by atoms with Gasteiger partial charge in [0, 0.05) is 19.5 Å². The number of carbonyl (C=O) groups is 1. The Bertz CT molecular complexity index is 797. The summed E-state index contributed by atoms with van der Waals surface area (Å²) in [5, 5.41) is 16.8. The highest BCUT2D eigenvalue weighted by Gasteiger charge is 2.17. The zero-order chi connectivity index (χ0) is 17.8. The van der Waals surface area contributed by atoms with E-state index in [1.165, 1.54) is 28.9 Å². The number of aryl methyl sites for hydroxylation is 1. The molecule has 2 heterocycles. The zero-order valence-electron chi connectivity index (χ0n) is 13.8. The molecule has 8 heteroatoms. The maximum Gasteiger partial charge on any atom is 0.346 e. The molecule has 1 aromatic carbocycles. The van der Waals surface area contributed by atoms with Crippen LogP contribution in [0.15, 0.2) is 29.1 Å². The molecule has 2 N–H and O–H groups in total. The lowest BCUT2D eigenvalue weighted by Crippen LogP contribution is -2.35. The van der Waals surface area contributed by atoms with Crippen molar-refractivity contribution in [1.29, 1.82) is 0 Å². The highest BCUT2D eigenvalue weighted by molar-refractivity contribution is 5.75. The summed E-state index contributed by atoms with van der Waals surface area (Å²) in [5.74, 6) is -0.0722. The fourth-order valence-electron chi connectivity index (χ4n) is 2.93. The molecule has 7 nitrogen and oxygen atoms in total. The Kier molecular flexibility index (Phi) is 5.28. The number of aliphatic hydroxyl groups is 1. The lowest BCUT2D eigenvalue weighted by atomic mass is 10.1. The van der Waals surface area contributed by atoms with E-state index in [9.17, 15) is 19.1 Å². The Morgan fingerprint density at radius 2 is 2.04 bits per heavy atom. The van der Waals surface area contributed by atoms with Gasteiger partial charge in [0.2, 0.25) is 5.91 Å².